The number of amides is 1. The Morgan fingerprint density at radius 1 is 1.43 bits per heavy atom. The summed E-state index contributed by atoms with van der Waals surface area (Å²) in [6, 6.07) is 2.07. The Hall–Kier alpha value is -1.50. The van der Waals surface area contributed by atoms with E-state index in [2.05, 4.69) is 36.9 Å². The Morgan fingerprint density at radius 2 is 2.10 bits per heavy atom. The smallest absolute Gasteiger partial charge is 0.243 e. The van der Waals surface area contributed by atoms with Crippen molar-refractivity contribution in [3.63, 3.8) is 0 Å². The molecule has 21 heavy (non-hydrogen) atoms. The molecule has 0 bridgehead atoms. The maximum Gasteiger partial charge on any atom is 0.243 e. The van der Waals surface area contributed by atoms with Crippen LogP contribution in [-0.2, 0) is 18.4 Å². The number of aryl methyl sites for hydroxylation is 1. The lowest BCUT2D eigenvalue weighted by Gasteiger charge is -2.22. The number of aliphatic imine (C=N–C) groups is 1. The Balaban J connectivity index is 2.77. The molecule has 118 valence electrons. The number of carbonyl (C=O) groups is 1. The number of hydrogen-bond acceptors (Lipinski definition) is 2. The maximum atomic E-state index is 11.7. The SMILES string of the molecule is CCNC(=NCC(=O)N(C)C)N(C)Cc1cc(Br)cn1C. The molecule has 0 aliphatic heterocycles. The summed E-state index contributed by atoms with van der Waals surface area (Å²) < 4.78 is 3.12. The molecule has 0 spiro atoms. The number of aromatic nitrogens is 1. The predicted octanol–water partition coefficient (Wildman–Crippen LogP) is 1.27. The Labute approximate surface area is 134 Å². The topological polar surface area (TPSA) is 52.9 Å². The summed E-state index contributed by atoms with van der Waals surface area (Å²) in [4.78, 5) is 19.6. The summed E-state index contributed by atoms with van der Waals surface area (Å²) in [7, 11) is 7.43. The number of likely N-dealkylation sites (N-methyl/N-ethyl adjacent to an activating group) is 1. The first-order valence-electron chi connectivity index (χ1n) is 6.85. The van der Waals surface area contributed by atoms with Crippen LogP contribution in [-0.4, -0.2) is 60.5 Å². The van der Waals surface area contributed by atoms with Crippen molar-refractivity contribution in [1.82, 2.24) is 19.7 Å². The van der Waals surface area contributed by atoms with Crippen molar-refractivity contribution in [2.24, 2.45) is 12.0 Å². The molecule has 1 heterocycles. The van der Waals surface area contributed by atoms with Crippen LogP contribution in [0.4, 0.5) is 0 Å². The van der Waals surface area contributed by atoms with Gasteiger partial charge in [0.2, 0.25) is 5.91 Å². The van der Waals surface area contributed by atoms with Gasteiger partial charge >= 0.3 is 0 Å². The van der Waals surface area contributed by atoms with Crippen molar-refractivity contribution in [1.29, 1.82) is 0 Å². The fourth-order valence-corrected chi connectivity index (χ4v) is 2.37. The molecule has 0 aliphatic carbocycles. The third kappa shape index (κ3) is 5.41. The lowest BCUT2D eigenvalue weighted by molar-refractivity contribution is -0.127. The van der Waals surface area contributed by atoms with E-state index in [1.807, 2.05) is 32.1 Å². The van der Waals surface area contributed by atoms with Crippen LogP contribution < -0.4 is 5.32 Å². The highest BCUT2D eigenvalue weighted by Crippen LogP contribution is 2.14. The quantitative estimate of drug-likeness (QED) is 0.637. The Morgan fingerprint density at radius 3 is 2.57 bits per heavy atom. The van der Waals surface area contributed by atoms with E-state index in [0.29, 0.717) is 6.54 Å². The predicted molar refractivity (Wildman–Crippen MR) is 89.3 cm³/mol. The van der Waals surface area contributed by atoms with Gasteiger partial charge in [0.25, 0.3) is 0 Å². The lowest BCUT2D eigenvalue weighted by atomic mass is 10.4. The third-order valence-corrected chi connectivity index (χ3v) is 3.47. The van der Waals surface area contributed by atoms with Gasteiger partial charge in [0.05, 0.1) is 6.54 Å². The molecule has 0 aromatic carbocycles. The minimum atomic E-state index is -0.0135. The van der Waals surface area contributed by atoms with Crippen LogP contribution in [0.15, 0.2) is 21.7 Å². The van der Waals surface area contributed by atoms with Gasteiger partial charge in [-0.1, -0.05) is 0 Å². The van der Waals surface area contributed by atoms with Crippen LogP contribution in [0.5, 0.6) is 0 Å². The zero-order valence-electron chi connectivity index (χ0n) is 13.4. The van der Waals surface area contributed by atoms with Crippen LogP contribution >= 0.6 is 15.9 Å². The van der Waals surface area contributed by atoms with Gasteiger partial charge in [-0.05, 0) is 28.9 Å². The Kier molecular flexibility index (Phi) is 6.74. The minimum absolute atomic E-state index is 0.0135. The summed E-state index contributed by atoms with van der Waals surface area (Å²) in [5, 5.41) is 3.21. The number of nitrogens with zero attached hydrogens (tertiary/aromatic N) is 4. The molecular weight excluding hydrogens is 334 g/mol. The third-order valence-electron chi connectivity index (χ3n) is 3.03. The number of hydrogen-bond donors (Lipinski definition) is 1. The molecule has 1 rings (SSSR count). The van der Waals surface area contributed by atoms with Crippen molar-refractivity contribution in [3.8, 4) is 0 Å². The van der Waals surface area contributed by atoms with Crippen molar-refractivity contribution in [2.75, 3.05) is 34.2 Å². The van der Waals surface area contributed by atoms with Gasteiger partial charge in [0.15, 0.2) is 5.96 Å². The van der Waals surface area contributed by atoms with Crippen LogP contribution in [0.2, 0.25) is 0 Å². The normalized spacial score (nSPS) is 11.4. The molecule has 1 N–H and O–H groups in total. The molecular formula is C14H24BrN5O. The van der Waals surface area contributed by atoms with Crippen LogP contribution in [0.25, 0.3) is 0 Å². The fraction of sp³-hybridized carbons (Fsp3) is 0.571. The average Bonchev–Trinajstić information content (AvgIpc) is 2.72. The van der Waals surface area contributed by atoms with Gasteiger partial charge in [-0.3, -0.25) is 4.79 Å². The van der Waals surface area contributed by atoms with Crippen molar-refractivity contribution in [3.05, 3.63) is 22.4 Å². The van der Waals surface area contributed by atoms with Gasteiger partial charge in [-0.15, -0.1) is 0 Å². The lowest BCUT2D eigenvalue weighted by Crippen LogP contribution is -2.39. The summed E-state index contributed by atoms with van der Waals surface area (Å²) >= 11 is 3.47. The number of carbonyl (C=O) groups excluding carboxylic acids is 1. The zero-order chi connectivity index (χ0) is 16.0. The van der Waals surface area contributed by atoms with Gasteiger partial charge in [0.1, 0.15) is 6.54 Å². The molecule has 7 heteroatoms. The van der Waals surface area contributed by atoms with E-state index >= 15 is 0 Å². The van der Waals surface area contributed by atoms with Gasteiger partial charge in [-0.25, -0.2) is 4.99 Å². The van der Waals surface area contributed by atoms with E-state index in [0.717, 1.165) is 22.7 Å². The second-order valence-corrected chi connectivity index (χ2v) is 5.99. The largest absolute Gasteiger partial charge is 0.357 e. The van der Waals surface area contributed by atoms with Crippen LogP contribution in [0, 0.1) is 0 Å². The zero-order valence-corrected chi connectivity index (χ0v) is 14.9. The summed E-state index contributed by atoms with van der Waals surface area (Å²) in [6.45, 7) is 3.63. The highest BCUT2D eigenvalue weighted by molar-refractivity contribution is 9.10. The van der Waals surface area contributed by atoms with Crippen LogP contribution in [0.3, 0.4) is 0 Å². The summed E-state index contributed by atoms with van der Waals surface area (Å²) in [5.74, 6) is 0.713. The van der Waals surface area contributed by atoms with E-state index < -0.39 is 0 Å². The number of halogens is 1. The molecule has 1 aromatic heterocycles. The van der Waals surface area contributed by atoms with E-state index in [9.17, 15) is 4.79 Å². The molecule has 0 fully saturated rings. The van der Waals surface area contributed by atoms with Crippen LogP contribution in [0.1, 0.15) is 12.6 Å². The van der Waals surface area contributed by atoms with Crippen molar-refractivity contribution < 1.29 is 4.79 Å². The fourth-order valence-electron chi connectivity index (χ4n) is 1.79. The molecule has 6 nitrogen and oxygen atoms in total. The first-order valence-corrected chi connectivity index (χ1v) is 7.64. The minimum Gasteiger partial charge on any atom is -0.357 e. The van der Waals surface area contributed by atoms with Gasteiger partial charge in [-0.2, -0.15) is 0 Å². The summed E-state index contributed by atoms with van der Waals surface area (Å²) in [5.41, 5.74) is 1.16. The number of nitrogens with one attached hydrogen (secondary N) is 1. The highest BCUT2D eigenvalue weighted by Gasteiger charge is 2.11. The average molecular weight is 358 g/mol. The molecule has 0 unspecified atom stereocenters. The standard InChI is InChI=1S/C14H24BrN5O/c1-6-16-14(17-8-13(21)18(2)3)20(5)10-12-7-11(15)9-19(12)4/h7,9H,6,8,10H2,1-5H3,(H,16,17). The van der Waals surface area contributed by atoms with Crippen molar-refractivity contribution in [2.45, 2.75) is 13.5 Å². The molecule has 0 radical (unpaired) electrons. The second-order valence-electron chi connectivity index (χ2n) is 5.07. The van der Waals surface area contributed by atoms with Gasteiger partial charge < -0.3 is 19.7 Å². The molecule has 0 saturated carbocycles. The number of rotatable bonds is 5. The first-order chi connectivity index (χ1) is 9.85. The maximum absolute atomic E-state index is 11.7. The van der Waals surface area contributed by atoms with Crippen molar-refractivity contribution >= 4 is 27.8 Å². The first kappa shape index (κ1) is 17.6. The molecule has 1 amide bonds. The van der Waals surface area contributed by atoms with E-state index in [4.69, 9.17) is 0 Å². The number of guanidine groups is 1. The summed E-state index contributed by atoms with van der Waals surface area (Å²) in [6.07, 6.45) is 2.02. The molecule has 0 atom stereocenters. The molecule has 0 saturated heterocycles. The second kappa shape index (κ2) is 8.07. The Bertz CT molecular complexity index is 509. The monoisotopic (exact) mass is 357 g/mol. The van der Waals surface area contributed by atoms with E-state index in [1.54, 1.807) is 19.0 Å². The molecule has 0 aliphatic rings. The molecule has 1 aromatic rings. The highest BCUT2D eigenvalue weighted by atomic mass is 79.9. The van der Waals surface area contributed by atoms with E-state index in [-0.39, 0.29) is 12.5 Å². The van der Waals surface area contributed by atoms with E-state index in [1.165, 1.54) is 0 Å². The van der Waals surface area contributed by atoms with Gasteiger partial charge in [0, 0.05) is 51.1 Å².